The van der Waals surface area contributed by atoms with Gasteiger partial charge in [0.15, 0.2) is 11.6 Å². The van der Waals surface area contributed by atoms with Gasteiger partial charge in [0.25, 0.3) is 0 Å². The third-order valence-electron chi connectivity index (χ3n) is 4.34. The minimum Gasteiger partial charge on any atom is -0.350 e. The molecule has 0 spiro atoms. The number of rotatable bonds is 0. The zero-order valence-corrected chi connectivity index (χ0v) is 23.6. The van der Waals surface area contributed by atoms with E-state index in [1.54, 1.807) is 0 Å². The summed E-state index contributed by atoms with van der Waals surface area (Å²) in [7, 11) is 0. The summed E-state index contributed by atoms with van der Waals surface area (Å²) in [5.41, 5.74) is 0. The molecule has 0 radical (unpaired) electrons. The van der Waals surface area contributed by atoms with E-state index in [9.17, 15) is 0 Å². The van der Waals surface area contributed by atoms with E-state index >= 15 is 0 Å². The van der Waals surface area contributed by atoms with Crippen molar-refractivity contribution in [1.29, 1.82) is 0 Å². The number of hydrogen-bond donors (Lipinski definition) is 0. The normalized spacial score (nSPS) is 28.0. The van der Waals surface area contributed by atoms with Crippen LogP contribution in [0.3, 0.4) is 0 Å². The molecule has 30 heavy (non-hydrogen) atoms. The summed E-state index contributed by atoms with van der Waals surface area (Å²) in [4.78, 5) is 0. The molecule has 0 aliphatic carbocycles. The van der Waals surface area contributed by atoms with E-state index < -0.39 is 0 Å². The number of hydrogen-bond acceptors (Lipinski definition) is 8. The summed E-state index contributed by atoms with van der Waals surface area (Å²) in [6, 6.07) is 0. The van der Waals surface area contributed by atoms with Crippen LogP contribution in [0.5, 0.6) is 0 Å². The second kappa shape index (κ2) is 13.8. The van der Waals surface area contributed by atoms with Gasteiger partial charge in [-0.1, -0.05) is 0 Å². The monoisotopic (exact) mass is 500 g/mol. The van der Waals surface area contributed by atoms with Gasteiger partial charge in [-0.3, -0.25) is 0 Å². The summed E-state index contributed by atoms with van der Waals surface area (Å²) >= 11 is 8.29. The van der Waals surface area contributed by atoms with Gasteiger partial charge in [0.2, 0.25) is 0 Å². The smallest absolute Gasteiger partial charge is 0.162 e. The highest BCUT2D eigenvalue weighted by molar-refractivity contribution is 8.21. The molecule has 0 atom stereocenters. The van der Waals surface area contributed by atoms with Crippen molar-refractivity contribution >= 4 is 47.0 Å². The Morgan fingerprint density at radius 3 is 0.933 bits per heavy atom. The van der Waals surface area contributed by atoms with Gasteiger partial charge in [-0.25, -0.2) is 0 Å². The van der Waals surface area contributed by atoms with Gasteiger partial charge < -0.3 is 18.9 Å². The summed E-state index contributed by atoms with van der Waals surface area (Å²) in [5.74, 6) is 4.79. The Morgan fingerprint density at radius 2 is 0.767 bits per heavy atom. The molecule has 0 aromatic rings. The van der Waals surface area contributed by atoms with Gasteiger partial charge in [0, 0.05) is 11.5 Å². The van der Waals surface area contributed by atoms with Crippen molar-refractivity contribution in [3.63, 3.8) is 0 Å². The van der Waals surface area contributed by atoms with E-state index in [-0.39, 0.29) is 11.6 Å². The summed E-state index contributed by atoms with van der Waals surface area (Å²) in [5, 5.41) is 0. The topological polar surface area (TPSA) is 36.9 Å². The number of ether oxygens (including phenoxy) is 4. The summed E-state index contributed by atoms with van der Waals surface area (Å²) < 4.78 is 21.8. The predicted octanol–water partition coefficient (Wildman–Crippen LogP) is 6.72. The lowest BCUT2D eigenvalue weighted by Crippen LogP contribution is -2.33. The van der Waals surface area contributed by atoms with Gasteiger partial charge in [0.1, 0.15) is 0 Å². The fourth-order valence-corrected chi connectivity index (χ4v) is 7.77. The maximum Gasteiger partial charge on any atom is 0.162 e. The Morgan fingerprint density at radius 1 is 0.433 bits per heavy atom. The van der Waals surface area contributed by atoms with Crippen LogP contribution in [0, 0.1) is 0 Å². The van der Waals surface area contributed by atoms with Crippen LogP contribution >= 0.6 is 47.0 Å². The molecule has 0 amide bonds. The Bertz CT molecular complexity index is 396. The van der Waals surface area contributed by atoms with Crippen LogP contribution in [0.25, 0.3) is 0 Å². The van der Waals surface area contributed by atoms with Gasteiger partial charge in [-0.15, -0.1) is 47.0 Å². The maximum absolute atomic E-state index is 5.24. The molecule has 0 unspecified atom stereocenters. The Hall–Kier alpha value is 1.24. The van der Waals surface area contributed by atoms with E-state index in [0.29, 0.717) is 8.16 Å². The molecule has 0 aromatic heterocycles. The molecule has 4 heterocycles. The first-order valence-electron chi connectivity index (χ1n) is 10.9. The highest BCUT2D eigenvalue weighted by Crippen LogP contribution is 2.42. The molecule has 4 rings (SSSR count). The molecule has 4 nitrogen and oxygen atoms in total. The van der Waals surface area contributed by atoms with E-state index in [4.69, 9.17) is 18.9 Å². The summed E-state index contributed by atoms with van der Waals surface area (Å²) in [6.45, 7) is 20.1. The third-order valence-corrected chi connectivity index (χ3v) is 10.6. The van der Waals surface area contributed by atoms with Crippen molar-refractivity contribution in [1.82, 2.24) is 0 Å². The maximum atomic E-state index is 5.24. The van der Waals surface area contributed by atoms with E-state index in [0.717, 1.165) is 32.8 Å². The molecule has 4 saturated heterocycles. The molecule has 4 fully saturated rings. The van der Waals surface area contributed by atoms with E-state index in [1.807, 2.05) is 27.7 Å². The van der Waals surface area contributed by atoms with Crippen LogP contribution in [-0.4, -0.2) is 69.2 Å². The van der Waals surface area contributed by atoms with Crippen molar-refractivity contribution in [3.05, 3.63) is 0 Å². The zero-order chi connectivity index (χ0) is 22.7. The molecule has 4 aliphatic rings. The molecule has 180 valence electrons. The van der Waals surface area contributed by atoms with Gasteiger partial charge >= 0.3 is 0 Å². The fraction of sp³-hybridized carbons (Fsp3) is 1.00. The van der Waals surface area contributed by atoms with Crippen molar-refractivity contribution in [2.75, 3.05) is 49.4 Å². The van der Waals surface area contributed by atoms with Crippen molar-refractivity contribution < 1.29 is 18.9 Å². The molecule has 4 aliphatic heterocycles. The van der Waals surface area contributed by atoms with E-state index in [2.05, 4.69) is 74.7 Å². The quantitative estimate of drug-likeness (QED) is 0.363. The van der Waals surface area contributed by atoms with Crippen LogP contribution in [0.2, 0.25) is 0 Å². The first-order valence-corrected chi connectivity index (χ1v) is 14.9. The lowest BCUT2D eigenvalue weighted by Gasteiger charge is -2.29. The van der Waals surface area contributed by atoms with Crippen LogP contribution in [-0.2, 0) is 18.9 Å². The van der Waals surface area contributed by atoms with Crippen LogP contribution in [0.15, 0.2) is 0 Å². The minimum atomic E-state index is -0.321. The van der Waals surface area contributed by atoms with Gasteiger partial charge in [-0.2, -0.15) is 0 Å². The summed E-state index contributed by atoms with van der Waals surface area (Å²) in [6.07, 6.45) is 2.43. The average molecular weight is 501 g/mol. The lowest BCUT2D eigenvalue weighted by molar-refractivity contribution is -0.244. The SMILES string of the molecule is CC1(C)OCCCO1.CC1(C)OCCO1.CC1(C)SCCCS1.CC1(C)SCCS1. The highest BCUT2D eigenvalue weighted by Gasteiger charge is 2.24. The lowest BCUT2D eigenvalue weighted by atomic mass is 10.3. The first kappa shape index (κ1) is 29.3. The Kier molecular flexibility index (Phi) is 13.5. The second-order valence-electron chi connectivity index (χ2n) is 9.09. The zero-order valence-electron chi connectivity index (χ0n) is 20.3. The minimum absolute atomic E-state index is 0.306. The van der Waals surface area contributed by atoms with Crippen molar-refractivity contribution in [2.45, 2.75) is 88.0 Å². The van der Waals surface area contributed by atoms with Gasteiger partial charge in [-0.05, 0) is 79.7 Å². The first-order chi connectivity index (χ1) is 13.8. The van der Waals surface area contributed by atoms with Crippen molar-refractivity contribution in [2.24, 2.45) is 0 Å². The van der Waals surface area contributed by atoms with Crippen LogP contribution in [0.1, 0.15) is 68.2 Å². The Labute approximate surface area is 202 Å². The second-order valence-corrected chi connectivity index (χ2v) is 16.5. The molecule has 0 bridgehead atoms. The van der Waals surface area contributed by atoms with E-state index in [1.165, 1.54) is 29.4 Å². The largest absolute Gasteiger partial charge is 0.350 e. The molecule has 0 aromatic carbocycles. The highest BCUT2D eigenvalue weighted by atomic mass is 32.2. The molecular formula is C22H44O4S4. The average Bonchev–Trinajstić information content (AvgIpc) is 3.23. The Balaban J connectivity index is 0.000000200. The third kappa shape index (κ3) is 15.1. The molecule has 0 N–H and O–H groups in total. The van der Waals surface area contributed by atoms with Crippen LogP contribution < -0.4 is 0 Å². The molecule has 8 heteroatoms. The molecule has 0 saturated carbocycles. The van der Waals surface area contributed by atoms with Crippen molar-refractivity contribution in [3.8, 4) is 0 Å². The number of thioether (sulfide) groups is 4. The standard InChI is InChI=1S/C6H12O2.C6H12S2.C5H10O2.C5H10S2/c2*1-6(2)7-4-3-5-8-6;2*1-5(2)6-3-4-7-5/h2*3-5H2,1-2H3;2*3-4H2,1-2H3. The van der Waals surface area contributed by atoms with Gasteiger partial charge in [0.05, 0.1) is 34.6 Å². The predicted molar refractivity (Wildman–Crippen MR) is 139 cm³/mol. The fourth-order valence-electron chi connectivity index (χ4n) is 2.71. The molecular weight excluding hydrogens is 457 g/mol. The van der Waals surface area contributed by atoms with Crippen LogP contribution in [0.4, 0.5) is 0 Å².